The molecule has 1 saturated heterocycles. The monoisotopic (exact) mass is 157 g/mol. The van der Waals surface area contributed by atoms with Crippen molar-refractivity contribution >= 4 is 5.91 Å². The Bertz CT molecular complexity index is 158. The second kappa shape index (κ2) is 3.22. The number of carbonyl (C=O) groups excluding carboxylic acids is 1. The minimum absolute atomic E-state index is 0.330. The molecule has 11 heavy (non-hydrogen) atoms. The fraction of sp³-hybridized carbons (Fsp3) is 0.875. The summed E-state index contributed by atoms with van der Waals surface area (Å²) in [6, 6.07) is 0. The van der Waals surface area contributed by atoms with Gasteiger partial charge in [-0.3, -0.25) is 4.79 Å². The van der Waals surface area contributed by atoms with Gasteiger partial charge >= 0.3 is 0 Å². The van der Waals surface area contributed by atoms with Crippen LogP contribution in [0.1, 0.15) is 20.3 Å². The molecule has 0 spiro atoms. The average molecular weight is 157 g/mol. The SMILES string of the molecule is CC1COC(C(N)=O)CC1C. The summed E-state index contributed by atoms with van der Waals surface area (Å²) >= 11 is 0. The Morgan fingerprint density at radius 3 is 2.55 bits per heavy atom. The molecule has 0 saturated carbocycles. The van der Waals surface area contributed by atoms with Gasteiger partial charge in [-0.2, -0.15) is 0 Å². The quantitative estimate of drug-likeness (QED) is 0.603. The molecule has 3 nitrogen and oxygen atoms in total. The summed E-state index contributed by atoms with van der Waals surface area (Å²) < 4.78 is 5.25. The number of ether oxygens (including phenoxy) is 1. The summed E-state index contributed by atoms with van der Waals surface area (Å²) in [6.45, 7) is 4.92. The Balaban J connectivity index is 2.46. The lowest BCUT2D eigenvalue weighted by Crippen LogP contribution is -2.39. The van der Waals surface area contributed by atoms with Crippen LogP contribution in [0.3, 0.4) is 0 Å². The molecular weight excluding hydrogens is 142 g/mol. The first-order valence-corrected chi connectivity index (χ1v) is 4.02. The molecular formula is C8H15NO2. The third-order valence-corrected chi connectivity index (χ3v) is 2.43. The van der Waals surface area contributed by atoms with Crippen molar-refractivity contribution in [3.8, 4) is 0 Å². The molecule has 1 aliphatic heterocycles. The second-order valence-corrected chi connectivity index (χ2v) is 3.41. The first-order valence-electron chi connectivity index (χ1n) is 4.02. The molecule has 3 atom stereocenters. The number of hydrogen-bond donors (Lipinski definition) is 1. The molecule has 1 heterocycles. The third kappa shape index (κ3) is 1.93. The molecule has 1 amide bonds. The lowest BCUT2D eigenvalue weighted by atomic mass is 9.88. The van der Waals surface area contributed by atoms with Crippen molar-refractivity contribution in [1.29, 1.82) is 0 Å². The van der Waals surface area contributed by atoms with E-state index in [1.165, 1.54) is 0 Å². The molecule has 0 bridgehead atoms. The van der Waals surface area contributed by atoms with E-state index in [4.69, 9.17) is 10.5 Å². The van der Waals surface area contributed by atoms with Gasteiger partial charge in [0.25, 0.3) is 0 Å². The molecule has 0 aromatic carbocycles. The average Bonchev–Trinajstić information content (AvgIpc) is 1.94. The summed E-state index contributed by atoms with van der Waals surface area (Å²) in [5.41, 5.74) is 5.11. The lowest BCUT2D eigenvalue weighted by Gasteiger charge is -2.30. The van der Waals surface area contributed by atoms with Crippen LogP contribution in [0.25, 0.3) is 0 Å². The van der Waals surface area contributed by atoms with Crippen LogP contribution in [0.5, 0.6) is 0 Å². The maximum atomic E-state index is 10.7. The molecule has 0 radical (unpaired) electrons. The van der Waals surface area contributed by atoms with Crippen LogP contribution in [-0.2, 0) is 9.53 Å². The van der Waals surface area contributed by atoms with Gasteiger partial charge in [-0.1, -0.05) is 13.8 Å². The molecule has 1 rings (SSSR count). The van der Waals surface area contributed by atoms with Gasteiger partial charge in [0.2, 0.25) is 5.91 Å². The standard InChI is InChI=1S/C8H15NO2/c1-5-3-7(8(9)10)11-4-6(5)2/h5-7H,3-4H2,1-2H3,(H2,9,10). The fourth-order valence-electron chi connectivity index (χ4n) is 1.27. The van der Waals surface area contributed by atoms with E-state index in [2.05, 4.69) is 13.8 Å². The van der Waals surface area contributed by atoms with Gasteiger partial charge in [0.15, 0.2) is 0 Å². The summed E-state index contributed by atoms with van der Waals surface area (Å²) in [5.74, 6) is 0.760. The van der Waals surface area contributed by atoms with Crippen molar-refractivity contribution in [1.82, 2.24) is 0 Å². The van der Waals surface area contributed by atoms with E-state index >= 15 is 0 Å². The predicted octanol–water partition coefficient (Wildman–Crippen LogP) is 0.533. The predicted molar refractivity (Wildman–Crippen MR) is 41.9 cm³/mol. The van der Waals surface area contributed by atoms with Crippen LogP contribution in [0.15, 0.2) is 0 Å². The second-order valence-electron chi connectivity index (χ2n) is 3.41. The van der Waals surface area contributed by atoms with Crippen LogP contribution in [0.2, 0.25) is 0 Å². The Morgan fingerprint density at radius 1 is 1.45 bits per heavy atom. The van der Waals surface area contributed by atoms with E-state index in [0.717, 1.165) is 6.42 Å². The number of carbonyl (C=O) groups is 1. The molecule has 3 unspecified atom stereocenters. The van der Waals surface area contributed by atoms with Crippen molar-refractivity contribution in [3.05, 3.63) is 0 Å². The van der Waals surface area contributed by atoms with Crippen LogP contribution >= 0.6 is 0 Å². The van der Waals surface area contributed by atoms with Crippen LogP contribution < -0.4 is 5.73 Å². The van der Waals surface area contributed by atoms with Gasteiger partial charge in [-0.05, 0) is 18.3 Å². The fourth-order valence-corrected chi connectivity index (χ4v) is 1.27. The van der Waals surface area contributed by atoms with E-state index in [1.807, 2.05) is 0 Å². The Hall–Kier alpha value is -0.570. The van der Waals surface area contributed by atoms with Crippen molar-refractivity contribution in [2.45, 2.75) is 26.4 Å². The Morgan fingerprint density at radius 2 is 2.09 bits per heavy atom. The zero-order valence-electron chi connectivity index (χ0n) is 7.04. The number of primary amides is 1. The van der Waals surface area contributed by atoms with Crippen LogP contribution in [0.4, 0.5) is 0 Å². The summed E-state index contributed by atoms with van der Waals surface area (Å²) in [4.78, 5) is 10.7. The topological polar surface area (TPSA) is 52.3 Å². The minimum Gasteiger partial charge on any atom is -0.368 e. The summed E-state index contributed by atoms with van der Waals surface area (Å²) in [5, 5.41) is 0. The smallest absolute Gasteiger partial charge is 0.246 e. The van der Waals surface area contributed by atoms with Crippen LogP contribution in [-0.4, -0.2) is 18.6 Å². The number of nitrogens with two attached hydrogens (primary N) is 1. The van der Waals surface area contributed by atoms with Gasteiger partial charge in [-0.15, -0.1) is 0 Å². The maximum Gasteiger partial charge on any atom is 0.246 e. The molecule has 0 aliphatic carbocycles. The first kappa shape index (κ1) is 8.53. The van der Waals surface area contributed by atoms with Gasteiger partial charge in [-0.25, -0.2) is 0 Å². The van der Waals surface area contributed by atoms with Crippen molar-refractivity contribution in [2.24, 2.45) is 17.6 Å². The minimum atomic E-state index is -0.346. The van der Waals surface area contributed by atoms with Gasteiger partial charge in [0.05, 0.1) is 6.61 Å². The molecule has 0 aromatic heterocycles. The van der Waals surface area contributed by atoms with E-state index in [0.29, 0.717) is 18.4 Å². The first-order chi connectivity index (χ1) is 5.11. The largest absolute Gasteiger partial charge is 0.368 e. The Kier molecular flexibility index (Phi) is 2.49. The van der Waals surface area contributed by atoms with Crippen molar-refractivity contribution in [3.63, 3.8) is 0 Å². The van der Waals surface area contributed by atoms with E-state index < -0.39 is 0 Å². The highest BCUT2D eigenvalue weighted by molar-refractivity contribution is 5.78. The molecule has 2 N–H and O–H groups in total. The van der Waals surface area contributed by atoms with E-state index in [9.17, 15) is 4.79 Å². The maximum absolute atomic E-state index is 10.7. The van der Waals surface area contributed by atoms with Gasteiger partial charge < -0.3 is 10.5 Å². The van der Waals surface area contributed by atoms with Crippen molar-refractivity contribution < 1.29 is 9.53 Å². The molecule has 0 aromatic rings. The zero-order chi connectivity index (χ0) is 8.43. The van der Waals surface area contributed by atoms with E-state index in [-0.39, 0.29) is 12.0 Å². The highest BCUT2D eigenvalue weighted by atomic mass is 16.5. The molecule has 1 aliphatic rings. The molecule has 1 fully saturated rings. The molecule has 64 valence electrons. The highest BCUT2D eigenvalue weighted by Gasteiger charge is 2.28. The molecule has 3 heteroatoms. The third-order valence-electron chi connectivity index (χ3n) is 2.43. The van der Waals surface area contributed by atoms with Crippen LogP contribution in [0, 0.1) is 11.8 Å². The number of rotatable bonds is 1. The van der Waals surface area contributed by atoms with E-state index in [1.54, 1.807) is 0 Å². The summed E-state index contributed by atoms with van der Waals surface area (Å²) in [6.07, 6.45) is 0.428. The van der Waals surface area contributed by atoms with Crippen molar-refractivity contribution in [2.75, 3.05) is 6.61 Å². The summed E-state index contributed by atoms with van der Waals surface area (Å²) in [7, 11) is 0. The normalized spacial score (nSPS) is 38.5. The van der Waals surface area contributed by atoms with Gasteiger partial charge in [0.1, 0.15) is 6.10 Å². The zero-order valence-corrected chi connectivity index (χ0v) is 7.04. The highest BCUT2D eigenvalue weighted by Crippen LogP contribution is 2.24. The number of amides is 1. The van der Waals surface area contributed by atoms with Gasteiger partial charge in [0, 0.05) is 0 Å². The lowest BCUT2D eigenvalue weighted by molar-refractivity contribution is -0.136. The Labute approximate surface area is 66.9 Å². The number of hydrogen-bond acceptors (Lipinski definition) is 2.